The van der Waals surface area contributed by atoms with Crippen LogP contribution in [-0.4, -0.2) is 45.6 Å². The van der Waals surface area contributed by atoms with Gasteiger partial charge in [-0.25, -0.2) is 9.20 Å². The number of fused-ring (bicyclic) bond motifs is 1. The number of pyridine rings is 1. The van der Waals surface area contributed by atoms with Crippen molar-refractivity contribution in [1.82, 2.24) is 24.7 Å². The van der Waals surface area contributed by atoms with Crippen LogP contribution < -0.4 is 15.8 Å². The second-order valence-corrected chi connectivity index (χ2v) is 8.14. The molecule has 4 heterocycles. The lowest BCUT2D eigenvalue weighted by Gasteiger charge is -2.29. The molecule has 1 fully saturated rings. The lowest BCUT2D eigenvalue weighted by Crippen LogP contribution is -2.43. The minimum Gasteiger partial charge on any atom is -0.369 e. The fourth-order valence-electron chi connectivity index (χ4n) is 4.13. The molecule has 0 radical (unpaired) electrons. The van der Waals surface area contributed by atoms with Crippen molar-refractivity contribution in [3.05, 3.63) is 71.1 Å². The van der Waals surface area contributed by atoms with Crippen molar-refractivity contribution in [2.24, 2.45) is 0 Å². The van der Waals surface area contributed by atoms with E-state index in [2.05, 4.69) is 34.5 Å². The number of nitrogens with one attached hydrogen (secondary N) is 1. The second-order valence-electron chi connectivity index (χ2n) is 8.14. The fourth-order valence-corrected chi connectivity index (χ4v) is 4.13. The molecule has 0 atom stereocenters. The summed E-state index contributed by atoms with van der Waals surface area (Å²) in [7, 11) is 0. The molecule has 0 saturated carbocycles. The molecular weight excluding hydrogens is 388 g/mol. The zero-order valence-corrected chi connectivity index (χ0v) is 17.8. The molecule has 0 spiro atoms. The van der Waals surface area contributed by atoms with Crippen molar-refractivity contribution in [3.63, 3.8) is 0 Å². The minimum atomic E-state index is -0.0991. The number of rotatable bonds is 4. The van der Waals surface area contributed by atoms with Crippen molar-refractivity contribution in [2.45, 2.75) is 19.9 Å². The Bertz CT molecular complexity index is 1270. The maximum absolute atomic E-state index is 12.3. The van der Waals surface area contributed by atoms with Crippen LogP contribution in [0.25, 0.3) is 28.0 Å². The normalized spacial score (nSPS) is 14.5. The van der Waals surface area contributed by atoms with E-state index in [0.717, 1.165) is 54.2 Å². The highest BCUT2D eigenvalue weighted by molar-refractivity contribution is 5.91. The molecule has 7 heteroatoms. The van der Waals surface area contributed by atoms with Crippen LogP contribution in [0.2, 0.25) is 0 Å². The summed E-state index contributed by atoms with van der Waals surface area (Å²) in [6.07, 6.45) is 2.01. The molecule has 5 rings (SSSR count). The van der Waals surface area contributed by atoms with E-state index < -0.39 is 0 Å². The zero-order valence-electron chi connectivity index (χ0n) is 17.8. The van der Waals surface area contributed by atoms with Gasteiger partial charge in [-0.3, -0.25) is 4.79 Å². The van der Waals surface area contributed by atoms with Gasteiger partial charge in [0.2, 0.25) is 0 Å². The van der Waals surface area contributed by atoms with Crippen LogP contribution in [-0.2, 0) is 0 Å². The average Bonchev–Trinajstić information content (AvgIpc) is 3.19. The first-order valence-electron chi connectivity index (χ1n) is 10.8. The number of anilines is 1. The smallest absolute Gasteiger partial charge is 0.267 e. The number of nitrogens with zero attached hydrogens (tertiary/aromatic N) is 5. The molecule has 0 bridgehead atoms. The fraction of sp³-hybridized carbons (Fsp3) is 0.292. The highest BCUT2D eigenvalue weighted by atomic mass is 16.1. The Morgan fingerprint density at radius 3 is 2.48 bits per heavy atom. The van der Waals surface area contributed by atoms with Crippen molar-refractivity contribution in [2.75, 3.05) is 31.1 Å². The molecule has 4 aromatic rings. The zero-order chi connectivity index (χ0) is 21.4. The Morgan fingerprint density at radius 1 is 0.968 bits per heavy atom. The Kier molecular flexibility index (Phi) is 5.03. The molecule has 1 N–H and O–H groups in total. The quantitative estimate of drug-likeness (QED) is 0.555. The number of hydrogen-bond donors (Lipinski definition) is 1. The number of aromatic nitrogens is 4. The number of benzene rings is 1. The van der Waals surface area contributed by atoms with Crippen molar-refractivity contribution in [1.29, 1.82) is 0 Å². The Balaban J connectivity index is 1.75. The molecule has 7 nitrogen and oxygen atoms in total. The van der Waals surface area contributed by atoms with Crippen molar-refractivity contribution < 1.29 is 0 Å². The Hall–Kier alpha value is -3.45. The first kappa shape index (κ1) is 19.5. The van der Waals surface area contributed by atoms with Crippen LogP contribution in [0.4, 0.5) is 5.69 Å². The molecular formula is C24H26N6O. The van der Waals surface area contributed by atoms with Gasteiger partial charge in [-0.05, 0) is 32.0 Å². The number of piperazine rings is 1. The molecule has 1 aliphatic heterocycles. The molecule has 1 aliphatic rings. The summed E-state index contributed by atoms with van der Waals surface area (Å²) >= 11 is 0. The van der Waals surface area contributed by atoms with Crippen LogP contribution in [0.1, 0.15) is 19.9 Å². The van der Waals surface area contributed by atoms with Gasteiger partial charge in [-0.15, -0.1) is 0 Å². The first-order chi connectivity index (χ1) is 15.1. The van der Waals surface area contributed by atoms with Crippen LogP contribution in [0.5, 0.6) is 0 Å². The molecule has 3 aromatic heterocycles. The highest BCUT2D eigenvalue weighted by Gasteiger charge is 2.20. The van der Waals surface area contributed by atoms with Crippen LogP contribution in [0.3, 0.4) is 0 Å². The van der Waals surface area contributed by atoms with Gasteiger partial charge in [0.05, 0.1) is 22.8 Å². The van der Waals surface area contributed by atoms with Gasteiger partial charge in [0, 0.05) is 49.7 Å². The largest absolute Gasteiger partial charge is 0.369 e. The summed E-state index contributed by atoms with van der Waals surface area (Å²) in [5.74, 6) is 0. The van der Waals surface area contributed by atoms with Gasteiger partial charge in [0.25, 0.3) is 5.56 Å². The van der Waals surface area contributed by atoms with E-state index >= 15 is 0 Å². The van der Waals surface area contributed by atoms with E-state index in [1.54, 1.807) is 6.07 Å². The van der Waals surface area contributed by atoms with Crippen molar-refractivity contribution in [3.8, 4) is 22.5 Å². The third kappa shape index (κ3) is 3.61. The van der Waals surface area contributed by atoms with Crippen LogP contribution >= 0.6 is 0 Å². The average molecular weight is 415 g/mol. The first-order valence-corrected chi connectivity index (χ1v) is 10.8. The monoisotopic (exact) mass is 414 g/mol. The lowest BCUT2D eigenvalue weighted by atomic mass is 10.0. The maximum atomic E-state index is 12.3. The topological polar surface area (TPSA) is 67.5 Å². The minimum absolute atomic E-state index is 0.0223. The summed E-state index contributed by atoms with van der Waals surface area (Å²) in [6, 6.07) is 17.8. The highest BCUT2D eigenvalue weighted by Crippen LogP contribution is 2.35. The summed E-state index contributed by atoms with van der Waals surface area (Å²) in [4.78, 5) is 14.7. The summed E-state index contributed by atoms with van der Waals surface area (Å²) in [5.41, 5.74) is 5.63. The summed E-state index contributed by atoms with van der Waals surface area (Å²) in [6.45, 7) is 7.84. The summed E-state index contributed by atoms with van der Waals surface area (Å²) < 4.78 is 3.45. The van der Waals surface area contributed by atoms with Gasteiger partial charge < -0.3 is 10.2 Å². The SMILES string of the molecule is CC(C)n1nc(-c2c(-c3ccccc3)nn3ccc(N4CCNCC4)cc23)ccc1=O. The molecule has 0 aliphatic carbocycles. The summed E-state index contributed by atoms with van der Waals surface area (Å²) in [5, 5.41) is 13.0. The Morgan fingerprint density at radius 2 is 1.74 bits per heavy atom. The third-order valence-corrected chi connectivity index (χ3v) is 5.72. The lowest BCUT2D eigenvalue weighted by molar-refractivity contribution is 0.505. The molecule has 1 aromatic carbocycles. The van der Waals surface area contributed by atoms with Crippen LogP contribution in [0.15, 0.2) is 65.6 Å². The van der Waals surface area contributed by atoms with Crippen LogP contribution in [0, 0.1) is 0 Å². The molecule has 0 amide bonds. The number of hydrogen-bond acceptors (Lipinski definition) is 5. The standard InChI is InChI=1S/C24H26N6O/c1-17(2)30-22(31)9-8-20(26-30)23-21-16-19(28-14-11-25-12-15-28)10-13-29(21)27-24(23)18-6-4-3-5-7-18/h3-10,13,16-17,25H,11-12,14-15H2,1-2H3. The van der Waals surface area contributed by atoms with E-state index in [-0.39, 0.29) is 11.6 Å². The van der Waals surface area contributed by atoms with E-state index in [9.17, 15) is 4.79 Å². The van der Waals surface area contributed by atoms with Gasteiger partial charge in [0.15, 0.2) is 0 Å². The van der Waals surface area contributed by atoms with Gasteiger partial charge in [-0.1, -0.05) is 30.3 Å². The van der Waals surface area contributed by atoms with Gasteiger partial charge >= 0.3 is 0 Å². The van der Waals surface area contributed by atoms with Gasteiger partial charge in [0.1, 0.15) is 5.69 Å². The predicted octanol–water partition coefficient (Wildman–Crippen LogP) is 3.22. The van der Waals surface area contributed by atoms with E-state index in [1.165, 1.54) is 10.4 Å². The van der Waals surface area contributed by atoms with E-state index in [0.29, 0.717) is 0 Å². The third-order valence-electron chi connectivity index (χ3n) is 5.72. The molecule has 1 saturated heterocycles. The van der Waals surface area contributed by atoms with Crippen molar-refractivity contribution >= 4 is 11.2 Å². The molecule has 158 valence electrons. The van der Waals surface area contributed by atoms with E-state index in [4.69, 9.17) is 10.2 Å². The van der Waals surface area contributed by atoms with Gasteiger partial charge in [-0.2, -0.15) is 10.2 Å². The predicted molar refractivity (Wildman–Crippen MR) is 124 cm³/mol. The van der Waals surface area contributed by atoms with E-state index in [1.807, 2.05) is 48.8 Å². The molecule has 0 unspecified atom stereocenters. The Labute approximate surface area is 180 Å². The molecule has 31 heavy (non-hydrogen) atoms. The second kappa shape index (κ2) is 8.00. The maximum Gasteiger partial charge on any atom is 0.267 e.